The minimum absolute atomic E-state index is 0.653. The van der Waals surface area contributed by atoms with E-state index in [1.807, 2.05) is 142 Å². The van der Waals surface area contributed by atoms with Crippen LogP contribution in [-0.2, 0) is 5.41 Å². The van der Waals surface area contributed by atoms with E-state index in [4.69, 9.17) is 20.9 Å². The van der Waals surface area contributed by atoms with Crippen LogP contribution in [0.4, 0.5) is 22.7 Å². The van der Waals surface area contributed by atoms with E-state index in [1.165, 1.54) is 0 Å². The van der Waals surface area contributed by atoms with Crippen molar-refractivity contribution in [3.63, 3.8) is 0 Å². The molecule has 0 saturated heterocycles. The van der Waals surface area contributed by atoms with E-state index in [0.717, 1.165) is 33.6 Å². The monoisotopic (exact) mass is 636 g/mol. The van der Waals surface area contributed by atoms with Crippen LogP contribution in [0, 0.1) is 13.8 Å². The number of hydrogen-bond acceptors (Lipinski definition) is 7. The lowest BCUT2D eigenvalue weighted by atomic mass is 9.71. The van der Waals surface area contributed by atoms with E-state index in [0.29, 0.717) is 34.4 Å². The van der Waals surface area contributed by atoms with Crippen molar-refractivity contribution in [2.24, 2.45) is 0 Å². The average molecular weight is 637 g/mol. The summed E-state index contributed by atoms with van der Waals surface area (Å²) in [5.41, 5.74) is 17.2. The number of nitrogen functional groups attached to an aromatic ring is 2. The van der Waals surface area contributed by atoms with E-state index in [9.17, 15) is 5.11 Å². The van der Waals surface area contributed by atoms with Gasteiger partial charge in [0.25, 0.3) is 0 Å². The lowest BCUT2D eigenvalue weighted by Crippen LogP contribution is -2.61. The van der Waals surface area contributed by atoms with Crippen LogP contribution in [0.15, 0.2) is 146 Å². The summed E-state index contributed by atoms with van der Waals surface area (Å²) in [6.07, 6.45) is 0. The van der Waals surface area contributed by atoms with E-state index in [2.05, 4.69) is 10.6 Å². The SMILES string of the molecule is Cc1ccccc1NC(O)(Nc1ccccc1C)C(C)(c1ccc(Oc2ccc(N)cc2)cc1)c1ccc(Oc2ccc(N)cc2)cc1. The fourth-order valence-electron chi connectivity index (χ4n) is 5.74. The highest BCUT2D eigenvalue weighted by Crippen LogP contribution is 2.44. The number of rotatable bonds is 11. The van der Waals surface area contributed by atoms with Gasteiger partial charge in [0.1, 0.15) is 23.0 Å². The fraction of sp³-hybridized carbons (Fsp3) is 0.122. The number of aryl methyl sites for hydroxylation is 2. The topological polar surface area (TPSA) is 115 Å². The van der Waals surface area contributed by atoms with E-state index >= 15 is 0 Å². The first-order valence-corrected chi connectivity index (χ1v) is 15.8. The minimum atomic E-state index is -1.75. The van der Waals surface area contributed by atoms with Gasteiger partial charge in [-0.1, -0.05) is 60.7 Å². The molecule has 6 aromatic carbocycles. The maximum atomic E-state index is 13.1. The molecule has 242 valence electrons. The van der Waals surface area contributed by atoms with Gasteiger partial charge in [-0.25, -0.2) is 0 Å². The molecule has 0 unspecified atom stereocenters. The van der Waals surface area contributed by atoms with Crippen molar-refractivity contribution in [2.45, 2.75) is 32.0 Å². The molecule has 0 saturated carbocycles. The van der Waals surface area contributed by atoms with Crippen molar-refractivity contribution in [2.75, 3.05) is 22.1 Å². The molecule has 0 spiro atoms. The van der Waals surface area contributed by atoms with Crippen LogP contribution in [-0.4, -0.2) is 11.0 Å². The van der Waals surface area contributed by atoms with Crippen LogP contribution in [0.5, 0.6) is 23.0 Å². The molecule has 0 aliphatic heterocycles. The third-order valence-corrected chi connectivity index (χ3v) is 8.74. The second-order valence-corrected chi connectivity index (χ2v) is 12.1. The van der Waals surface area contributed by atoms with Gasteiger partial charge in [0.15, 0.2) is 0 Å². The summed E-state index contributed by atoms with van der Waals surface area (Å²) in [6.45, 7) is 6.05. The summed E-state index contributed by atoms with van der Waals surface area (Å²) >= 11 is 0. The van der Waals surface area contributed by atoms with Gasteiger partial charge in [0.05, 0.1) is 5.41 Å². The average Bonchev–Trinajstić information content (AvgIpc) is 3.09. The zero-order valence-corrected chi connectivity index (χ0v) is 27.3. The molecule has 7 nitrogen and oxygen atoms in total. The van der Waals surface area contributed by atoms with Crippen LogP contribution in [0.3, 0.4) is 0 Å². The van der Waals surface area contributed by atoms with E-state index in [1.54, 1.807) is 24.3 Å². The third kappa shape index (κ3) is 6.77. The highest BCUT2D eigenvalue weighted by Gasteiger charge is 2.51. The van der Waals surface area contributed by atoms with Crippen molar-refractivity contribution < 1.29 is 14.6 Å². The Balaban J connectivity index is 1.46. The zero-order chi connectivity index (χ0) is 33.7. The molecule has 6 aromatic rings. The molecule has 6 rings (SSSR count). The maximum Gasteiger partial charge on any atom is 0.228 e. The molecule has 0 radical (unpaired) electrons. The third-order valence-electron chi connectivity index (χ3n) is 8.74. The first-order valence-electron chi connectivity index (χ1n) is 15.8. The summed E-state index contributed by atoms with van der Waals surface area (Å²) < 4.78 is 12.2. The predicted octanol–water partition coefficient (Wildman–Crippen LogP) is 9.23. The van der Waals surface area contributed by atoms with Crippen molar-refractivity contribution in [1.82, 2.24) is 0 Å². The smallest absolute Gasteiger partial charge is 0.228 e. The van der Waals surface area contributed by atoms with Gasteiger partial charge < -0.3 is 36.7 Å². The van der Waals surface area contributed by atoms with E-state index in [-0.39, 0.29) is 0 Å². The van der Waals surface area contributed by atoms with Crippen LogP contribution < -0.4 is 31.6 Å². The van der Waals surface area contributed by atoms with Crippen molar-refractivity contribution in [3.8, 4) is 23.0 Å². The van der Waals surface area contributed by atoms with Gasteiger partial charge in [0.2, 0.25) is 5.85 Å². The molecular weight excluding hydrogens is 596 g/mol. The summed E-state index contributed by atoms with van der Waals surface area (Å²) in [5, 5.41) is 20.2. The molecule has 7 N–H and O–H groups in total. The highest BCUT2D eigenvalue weighted by atomic mass is 16.5. The number of aliphatic hydroxyl groups is 1. The Morgan fingerprint density at radius 3 is 1.12 bits per heavy atom. The number of nitrogens with one attached hydrogen (secondary N) is 2. The summed E-state index contributed by atoms with van der Waals surface area (Å²) in [5.74, 6) is 0.913. The van der Waals surface area contributed by atoms with Crippen molar-refractivity contribution in [1.29, 1.82) is 0 Å². The Hall–Kier alpha value is -5.92. The maximum absolute atomic E-state index is 13.1. The molecule has 48 heavy (non-hydrogen) atoms. The molecule has 0 amide bonds. The first-order chi connectivity index (χ1) is 23.1. The second kappa shape index (κ2) is 13.4. The van der Waals surface area contributed by atoms with E-state index < -0.39 is 11.3 Å². The molecule has 0 heterocycles. The lowest BCUT2D eigenvalue weighted by Gasteiger charge is -2.47. The van der Waals surface area contributed by atoms with Crippen LogP contribution in [0.1, 0.15) is 29.2 Å². The summed E-state index contributed by atoms with van der Waals surface area (Å²) in [7, 11) is 0. The van der Waals surface area contributed by atoms with Gasteiger partial charge in [-0.3, -0.25) is 0 Å². The molecule has 7 heteroatoms. The molecule has 0 atom stereocenters. The molecule has 0 bridgehead atoms. The van der Waals surface area contributed by atoms with Crippen LogP contribution in [0.2, 0.25) is 0 Å². The van der Waals surface area contributed by atoms with Gasteiger partial charge in [-0.15, -0.1) is 0 Å². The summed E-state index contributed by atoms with van der Waals surface area (Å²) in [6, 6.07) is 45.9. The summed E-state index contributed by atoms with van der Waals surface area (Å²) in [4.78, 5) is 0. The minimum Gasteiger partial charge on any atom is -0.457 e. The number of benzene rings is 6. The molecule has 0 aliphatic carbocycles. The van der Waals surface area contributed by atoms with Crippen molar-refractivity contribution >= 4 is 22.7 Å². The standard InChI is InChI=1S/C41H40N4O3/c1-28-8-4-6-10-38(28)44-41(46,45-39-11-7-5-9-29(39)2)40(3,30-12-20-34(21-13-30)47-36-24-16-32(42)17-25-36)31-14-22-35(23-15-31)48-37-26-18-33(43)19-27-37/h4-27,44-46H,42-43H2,1-3H3. The Morgan fingerprint density at radius 2 is 0.792 bits per heavy atom. The predicted molar refractivity (Wildman–Crippen MR) is 196 cm³/mol. The Morgan fingerprint density at radius 1 is 0.479 bits per heavy atom. The Bertz CT molecular complexity index is 1840. The Kier molecular flexibility index (Phi) is 8.97. The van der Waals surface area contributed by atoms with Gasteiger partial charge in [-0.05, 0) is 128 Å². The fourth-order valence-corrected chi connectivity index (χ4v) is 5.74. The second-order valence-electron chi connectivity index (χ2n) is 12.1. The van der Waals surface area contributed by atoms with Crippen molar-refractivity contribution in [3.05, 3.63) is 168 Å². The first kappa shape index (κ1) is 32.0. The van der Waals surface area contributed by atoms with Gasteiger partial charge in [0, 0.05) is 22.7 Å². The molecule has 0 aliphatic rings. The normalized spacial score (nSPS) is 11.5. The number of ether oxygens (including phenoxy) is 2. The van der Waals surface area contributed by atoms with Crippen LogP contribution in [0.25, 0.3) is 0 Å². The van der Waals surface area contributed by atoms with Crippen LogP contribution >= 0.6 is 0 Å². The zero-order valence-electron chi connectivity index (χ0n) is 27.3. The molecule has 0 aromatic heterocycles. The largest absolute Gasteiger partial charge is 0.457 e. The Labute approximate surface area is 281 Å². The molecule has 0 fully saturated rings. The highest BCUT2D eigenvalue weighted by molar-refractivity contribution is 5.62. The van der Waals surface area contributed by atoms with Gasteiger partial charge >= 0.3 is 0 Å². The lowest BCUT2D eigenvalue weighted by molar-refractivity contribution is 0.0381. The number of anilines is 4. The number of para-hydroxylation sites is 2. The quantitative estimate of drug-likeness (QED) is 0.0711. The molecular formula is C41H40N4O3. The van der Waals surface area contributed by atoms with Gasteiger partial charge in [-0.2, -0.15) is 0 Å². The number of nitrogens with two attached hydrogens (primary N) is 2. The number of hydrogen-bond donors (Lipinski definition) is 5.